The Bertz CT molecular complexity index is 1020. The van der Waals surface area contributed by atoms with Gasteiger partial charge in [-0.05, 0) is 57.7 Å². The molecule has 0 radical (unpaired) electrons. The van der Waals surface area contributed by atoms with Crippen LogP contribution in [0, 0.1) is 6.92 Å². The van der Waals surface area contributed by atoms with Gasteiger partial charge in [-0.3, -0.25) is 19.4 Å². The minimum absolute atomic E-state index is 0.112. The highest BCUT2D eigenvalue weighted by Crippen LogP contribution is 2.33. The first-order valence-corrected chi connectivity index (χ1v) is 12.3. The Hall–Kier alpha value is -2.80. The molecule has 3 aliphatic heterocycles. The second kappa shape index (κ2) is 9.59. The minimum atomic E-state index is 0.112. The summed E-state index contributed by atoms with van der Waals surface area (Å²) in [5, 5.41) is 0. The quantitative estimate of drug-likeness (QED) is 0.705. The second-order valence-corrected chi connectivity index (χ2v) is 9.60. The molecule has 0 spiro atoms. The number of hydrogen-bond acceptors (Lipinski definition) is 5. The van der Waals surface area contributed by atoms with Crippen LogP contribution in [0.4, 0.5) is 5.82 Å². The number of piperidine rings is 1. The summed E-state index contributed by atoms with van der Waals surface area (Å²) in [6.45, 7) is 6.61. The summed E-state index contributed by atoms with van der Waals surface area (Å²) in [5.41, 5.74) is 3.13. The van der Waals surface area contributed by atoms with E-state index in [9.17, 15) is 9.59 Å². The maximum absolute atomic E-state index is 12.9. The number of nitrogens with zero attached hydrogens (tertiary/aromatic N) is 5. The van der Waals surface area contributed by atoms with Crippen molar-refractivity contribution < 1.29 is 9.59 Å². The number of aryl methyl sites for hydroxylation is 1. The molecule has 174 valence electrons. The molecule has 2 fully saturated rings. The summed E-state index contributed by atoms with van der Waals surface area (Å²) in [6, 6.07) is 10.1. The van der Waals surface area contributed by atoms with E-state index in [2.05, 4.69) is 4.90 Å². The van der Waals surface area contributed by atoms with Gasteiger partial charge in [0.25, 0.3) is 0 Å². The molecule has 0 saturated carbocycles. The predicted octanol–water partition coefficient (Wildman–Crippen LogP) is 3.07. The average molecular weight is 448 g/mol. The third-order valence-electron chi connectivity index (χ3n) is 7.24. The van der Waals surface area contributed by atoms with Gasteiger partial charge in [0.05, 0.1) is 13.1 Å². The molecule has 4 heterocycles. The van der Waals surface area contributed by atoms with E-state index in [-0.39, 0.29) is 17.7 Å². The fourth-order valence-electron chi connectivity index (χ4n) is 5.36. The second-order valence-electron chi connectivity index (χ2n) is 9.60. The number of rotatable bonds is 5. The zero-order valence-electron chi connectivity index (χ0n) is 19.5. The molecule has 1 aromatic heterocycles. The lowest BCUT2D eigenvalue weighted by Gasteiger charge is -2.34. The molecular formula is C26H33N5O2. The highest BCUT2D eigenvalue weighted by Gasteiger charge is 2.32. The number of fused-ring (bicyclic) bond motifs is 1. The van der Waals surface area contributed by atoms with E-state index in [0.717, 1.165) is 60.9 Å². The maximum atomic E-state index is 12.9. The van der Waals surface area contributed by atoms with Crippen LogP contribution in [0.15, 0.2) is 30.3 Å². The van der Waals surface area contributed by atoms with Crippen LogP contribution in [-0.4, -0.2) is 64.3 Å². The van der Waals surface area contributed by atoms with Gasteiger partial charge in [0.2, 0.25) is 11.8 Å². The van der Waals surface area contributed by atoms with E-state index in [4.69, 9.17) is 9.97 Å². The number of hydrogen-bond donors (Lipinski definition) is 0. The fraction of sp³-hybridized carbons (Fsp3) is 0.538. The molecule has 0 aliphatic carbocycles. The Morgan fingerprint density at radius 3 is 2.61 bits per heavy atom. The van der Waals surface area contributed by atoms with Gasteiger partial charge in [-0.2, -0.15) is 0 Å². The molecule has 0 unspecified atom stereocenters. The lowest BCUT2D eigenvalue weighted by molar-refractivity contribution is -0.133. The van der Waals surface area contributed by atoms with Gasteiger partial charge >= 0.3 is 0 Å². The Morgan fingerprint density at radius 2 is 1.82 bits per heavy atom. The van der Waals surface area contributed by atoms with Crippen LogP contribution in [0.25, 0.3) is 0 Å². The van der Waals surface area contributed by atoms with Crippen molar-refractivity contribution in [2.75, 3.05) is 37.6 Å². The van der Waals surface area contributed by atoms with Crippen LogP contribution in [0.5, 0.6) is 0 Å². The highest BCUT2D eigenvalue weighted by atomic mass is 16.2. The van der Waals surface area contributed by atoms with Crippen molar-refractivity contribution in [2.24, 2.45) is 0 Å². The van der Waals surface area contributed by atoms with Gasteiger partial charge < -0.3 is 4.90 Å². The molecule has 33 heavy (non-hydrogen) atoms. The van der Waals surface area contributed by atoms with Crippen LogP contribution >= 0.6 is 0 Å². The van der Waals surface area contributed by atoms with Crippen molar-refractivity contribution in [3.63, 3.8) is 0 Å². The molecule has 0 N–H and O–H groups in total. The topological polar surface area (TPSA) is 69.6 Å². The van der Waals surface area contributed by atoms with Gasteiger partial charge in [0, 0.05) is 36.7 Å². The SMILES string of the molecule is Cc1nc([C@H]2CCCN(C(=O)CN3CCCC3)C2)nc2c1CCC(=O)N2Cc1ccccc1. The van der Waals surface area contributed by atoms with Crippen molar-refractivity contribution in [1.82, 2.24) is 19.8 Å². The summed E-state index contributed by atoms with van der Waals surface area (Å²) >= 11 is 0. The first-order chi connectivity index (χ1) is 16.1. The number of carbonyl (C=O) groups excluding carboxylic acids is 2. The van der Waals surface area contributed by atoms with Crippen LogP contribution in [-0.2, 0) is 22.6 Å². The number of aromatic nitrogens is 2. The first-order valence-electron chi connectivity index (χ1n) is 12.3. The van der Waals surface area contributed by atoms with Crippen molar-refractivity contribution in [3.8, 4) is 0 Å². The third kappa shape index (κ3) is 4.78. The monoisotopic (exact) mass is 447 g/mol. The van der Waals surface area contributed by atoms with Crippen molar-refractivity contribution >= 4 is 17.6 Å². The number of benzene rings is 1. The molecule has 0 bridgehead atoms. The van der Waals surface area contributed by atoms with Crippen LogP contribution in [0.1, 0.15) is 60.7 Å². The normalized spacial score (nSPS) is 21.4. The van der Waals surface area contributed by atoms with Gasteiger partial charge in [0.1, 0.15) is 11.6 Å². The average Bonchev–Trinajstić information content (AvgIpc) is 3.34. The van der Waals surface area contributed by atoms with E-state index < -0.39 is 0 Å². The summed E-state index contributed by atoms with van der Waals surface area (Å²) in [6.07, 6.45) is 5.50. The molecular weight excluding hydrogens is 414 g/mol. The fourth-order valence-corrected chi connectivity index (χ4v) is 5.36. The predicted molar refractivity (Wildman–Crippen MR) is 127 cm³/mol. The third-order valence-corrected chi connectivity index (χ3v) is 7.24. The summed E-state index contributed by atoms with van der Waals surface area (Å²) in [5.74, 6) is 1.98. The zero-order chi connectivity index (χ0) is 22.8. The number of anilines is 1. The molecule has 2 saturated heterocycles. The van der Waals surface area contributed by atoms with Crippen LogP contribution in [0.2, 0.25) is 0 Å². The van der Waals surface area contributed by atoms with Crippen molar-refractivity contribution in [2.45, 2.75) is 57.9 Å². The Kier molecular flexibility index (Phi) is 6.40. The number of amides is 2. The Morgan fingerprint density at radius 1 is 1.03 bits per heavy atom. The Balaban J connectivity index is 1.37. The van der Waals surface area contributed by atoms with E-state index in [1.54, 1.807) is 0 Å². The lowest BCUT2D eigenvalue weighted by Crippen LogP contribution is -2.44. The molecule has 7 heteroatoms. The standard InChI is InChI=1S/C26H33N5O2/c1-19-22-11-12-23(32)31(16-20-8-3-2-4-9-20)26(22)28-25(27-19)21-10-7-15-30(17-21)24(33)18-29-13-5-6-14-29/h2-4,8-9,21H,5-7,10-18H2,1H3/t21-/m0/s1. The zero-order valence-corrected chi connectivity index (χ0v) is 19.5. The first kappa shape index (κ1) is 22.0. The lowest BCUT2D eigenvalue weighted by atomic mass is 9.95. The molecule has 5 rings (SSSR count). The molecule has 2 amide bonds. The van der Waals surface area contributed by atoms with Gasteiger partial charge in [-0.15, -0.1) is 0 Å². The van der Waals surface area contributed by atoms with E-state index in [0.29, 0.717) is 32.5 Å². The van der Waals surface area contributed by atoms with Crippen molar-refractivity contribution in [1.29, 1.82) is 0 Å². The van der Waals surface area contributed by atoms with Crippen LogP contribution < -0.4 is 4.90 Å². The molecule has 1 aromatic carbocycles. The Labute approximate surface area is 195 Å². The van der Waals surface area contributed by atoms with Crippen molar-refractivity contribution in [3.05, 3.63) is 53.0 Å². The number of carbonyl (C=O) groups is 2. The van der Waals surface area contributed by atoms with Crippen LogP contribution in [0.3, 0.4) is 0 Å². The van der Waals surface area contributed by atoms with Gasteiger partial charge in [-0.1, -0.05) is 30.3 Å². The maximum Gasteiger partial charge on any atom is 0.236 e. The minimum Gasteiger partial charge on any atom is -0.341 e. The smallest absolute Gasteiger partial charge is 0.236 e. The summed E-state index contributed by atoms with van der Waals surface area (Å²) in [4.78, 5) is 41.7. The number of likely N-dealkylation sites (tertiary alicyclic amines) is 2. The molecule has 2 aromatic rings. The van der Waals surface area contributed by atoms with E-state index in [1.165, 1.54) is 12.8 Å². The molecule has 1 atom stereocenters. The van der Waals surface area contributed by atoms with E-state index in [1.807, 2.05) is 47.1 Å². The molecule has 7 nitrogen and oxygen atoms in total. The molecule has 3 aliphatic rings. The van der Waals surface area contributed by atoms with Gasteiger partial charge in [0.15, 0.2) is 0 Å². The summed E-state index contributed by atoms with van der Waals surface area (Å²) in [7, 11) is 0. The largest absolute Gasteiger partial charge is 0.341 e. The van der Waals surface area contributed by atoms with Gasteiger partial charge in [-0.25, -0.2) is 9.97 Å². The highest BCUT2D eigenvalue weighted by molar-refractivity contribution is 5.95. The van der Waals surface area contributed by atoms with E-state index >= 15 is 0 Å². The summed E-state index contributed by atoms with van der Waals surface area (Å²) < 4.78 is 0.